The number of benzene rings is 1. The maximum Gasteiger partial charge on any atom is 0.175 e. The van der Waals surface area contributed by atoms with Crippen LogP contribution in [0.15, 0.2) is 23.1 Å². The maximum absolute atomic E-state index is 11.2. The van der Waals surface area contributed by atoms with Crippen molar-refractivity contribution in [3.63, 3.8) is 0 Å². The lowest BCUT2D eigenvalue weighted by molar-refractivity contribution is 0.186. The van der Waals surface area contributed by atoms with Gasteiger partial charge in [0.25, 0.3) is 0 Å². The number of aliphatic hydroxyl groups excluding tert-OH is 1. The van der Waals surface area contributed by atoms with Crippen LogP contribution in [0.2, 0.25) is 0 Å². The summed E-state index contributed by atoms with van der Waals surface area (Å²) in [7, 11) is -3.25. The SMILES string of the molecule is Cc1cc(C(N)O)cc(S(C)(=O)=O)c1. The molecule has 0 heterocycles. The first-order valence-electron chi connectivity index (χ1n) is 4.06. The molecule has 3 N–H and O–H groups in total. The molecule has 1 aromatic carbocycles. The van der Waals surface area contributed by atoms with Gasteiger partial charge in [-0.15, -0.1) is 0 Å². The predicted octanol–water partition coefficient (Wildman–Crippen LogP) is 0.348. The molecular weight excluding hydrogens is 202 g/mol. The molecule has 0 bridgehead atoms. The first-order valence-corrected chi connectivity index (χ1v) is 5.95. The minimum absolute atomic E-state index is 0.178. The first-order chi connectivity index (χ1) is 6.30. The van der Waals surface area contributed by atoms with Gasteiger partial charge in [-0.2, -0.15) is 0 Å². The molecule has 5 heteroatoms. The summed E-state index contributed by atoms with van der Waals surface area (Å²) < 4.78 is 22.5. The number of hydrogen-bond acceptors (Lipinski definition) is 4. The minimum atomic E-state index is -3.25. The van der Waals surface area contributed by atoms with Crippen molar-refractivity contribution in [3.8, 4) is 0 Å². The first kappa shape index (κ1) is 11.2. The van der Waals surface area contributed by atoms with Gasteiger partial charge in [-0.3, -0.25) is 0 Å². The summed E-state index contributed by atoms with van der Waals surface area (Å²) in [6.07, 6.45) is -0.0237. The number of aliphatic hydroxyl groups is 1. The van der Waals surface area contributed by atoms with Crippen LogP contribution in [-0.2, 0) is 9.84 Å². The summed E-state index contributed by atoms with van der Waals surface area (Å²) in [4.78, 5) is 0.178. The second-order valence-corrected chi connectivity index (χ2v) is 5.31. The molecule has 1 unspecified atom stereocenters. The second kappa shape index (κ2) is 3.68. The van der Waals surface area contributed by atoms with Gasteiger partial charge in [0, 0.05) is 6.26 Å². The highest BCUT2D eigenvalue weighted by Gasteiger charge is 2.11. The Morgan fingerprint density at radius 2 is 1.93 bits per heavy atom. The highest BCUT2D eigenvalue weighted by molar-refractivity contribution is 7.90. The number of sulfone groups is 1. The molecule has 0 aromatic heterocycles. The van der Waals surface area contributed by atoms with Crippen LogP contribution in [0.5, 0.6) is 0 Å². The van der Waals surface area contributed by atoms with Crippen LogP contribution >= 0.6 is 0 Å². The predicted molar refractivity (Wildman–Crippen MR) is 53.4 cm³/mol. The molecule has 0 spiro atoms. The van der Waals surface area contributed by atoms with Gasteiger partial charge in [0.1, 0.15) is 6.23 Å². The van der Waals surface area contributed by atoms with Crippen molar-refractivity contribution in [2.45, 2.75) is 18.0 Å². The van der Waals surface area contributed by atoms with E-state index in [1.807, 2.05) is 0 Å². The number of hydrogen-bond donors (Lipinski definition) is 2. The maximum atomic E-state index is 11.2. The molecular formula is C9H13NO3S. The third-order valence-electron chi connectivity index (χ3n) is 1.84. The van der Waals surface area contributed by atoms with Gasteiger partial charge in [-0.25, -0.2) is 8.42 Å². The van der Waals surface area contributed by atoms with Crippen LogP contribution in [0.1, 0.15) is 17.4 Å². The Balaban J connectivity index is 3.35. The molecule has 0 saturated carbocycles. The Kier molecular flexibility index (Phi) is 2.94. The molecule has 78 valence electrons. The minimum Gasteiger partial charge on any atom is -0.375 e. The fraction of sp³-hybridized carbons (Fsp3) is 0.333. The molecule has 0 radical (unpaired) electrons. The molecule has 1 aromatic rings. The molecule has 0 saturated heterocycles. The molecule has 0 aliphatic rings. The smallest absolute Gasteiger partial charge is 0.175 e. The van der Waals surface area contributed by atoms with Gasteiger partial charge in [0.05, 0.1) is 4.90 Å². The van der Waals surface area contributed by atoms with Crippen molar-refractivity contribution >= 4 is 9.84 Å². The molecule has 0 aliphatic heterocycles. The lowest BCUT2D eigenvalue weighted by atomic mass is 10.1. The van der Waals surface area contributed by atoms with Gasteiger partial charge < -0.3 is 10.8 Å². The van der Waals surface area contributed by atoms with E-state index in [0.29, 0.717) is 5.56 Å². The largest absolute Gasteiger partial charge is 0.375 e. The van der Waals surface area contributed by atoms with Crippen LogP contribution in [0.4, 0.5) is 0 Å². The summed E-state index contributed by atoms with van der Waals surface area (Å²) in [5.74, 6) is 0. The van der Waals surface area contributed by atoms with Gasteiger partial charge >= 0.3 is 0 Å². The van der Waals surface area contributed by atoms with E-state index < -0.39 is 16.1 Å². The van der Waals surface area contributed by atoms with Crippen molar-refractivity contribution in [1.82, 2.24) is 0 Å². The Bertz CT molecular complexity index is 437. The lowest BCUT2D eigenvalue weighted by Gasteiger charge is -2.08. The van der Waals surface area contributed by atoms with E-state index in [2.05, 4.69) is 0 Å². The molecule has 4 nitrogen and oxygen atoms in total. The molecule has 1 atom stereocenters. The molecule has 0 amide bonds. The Hall–Kier alpha value is -0.910. The zero-order valence-electron chi connectivity index (χ0n) is 8.06. The topological polar surface area (TPSA) is 80.4 Å². The fourth-order valence-corrected chi connectivity index (χ4v) is 1.91. The Labute approximate surface area is 83.3 Å². The van der Waals surface area contributed by atoms with Gasteiger partial charge in [0.15, 0.2) is 9.84 Å². The third-order valence-corrected chi connectivity index (χ3v) is 2.93. The Morgan fingerprint density at radius 3 is 2.36 bits per heavy atom. The van der Waals surface area contributed by atoms with E-state index in [4.69, 9.17) is 10.8 Å². The van der Waals surface area contributed by atoms with Crippen LogP contribution in [-0.4, -0.2) is 19.8 Å². The van der Waals surface area contributed by atoms with Crippen molar-refractivity contribution in [3.05, 3.63) is 29.3 Å². The quantitative estimate of drug-likeness (QED) is 0.697. The van der Waals surface area contributed by atoms with Gasteiger partial charge in [0.2, 0.25) is 0 Å². The van der Waals surface area contributed by atoms with Crippen molar-refractivity contribution in [2.24, 2.45) is 5.73 Å². The highest BCUT2D eigenvalue weighted by atomic mass is 32.2. The number of rotatable bonds is 2. The van der Waals surface area contributed by atoms with Crippen LogP contribution < -0.4 is 5.73 Å². The summed E-state index contributed by atoms with van der Waals surface area (Å²) in [6.45, 7) is 1.75. The second-order valence-electron chi connectivity index (χ2n) is 3.30. The van der Waals surface area contributed by atoms with E-state index in [9.17, 15) is 8.42 Å². The van der Waals surface area contributed by atoms with Gasteiger partial charge in [-0.05, 0) is 30.2 Å². The van der Waals surface area contributed by atoms with Crippen molar-refractivity contribution in [2.75, 3.05) is 6.26 Å². The normalized spacial score (nSPS) is 14.0. The lowest BCUT2D eigenvalue weighted by Crippen LogP contribution is -2.10. The fourth-order valence-electron chi connectivity index (χ4n) is 1.16. The molecule has 0 aliphatic carbocycles. The monoisotopic (exact) mass is 215 g/mol. The van der Waals surface area contributed by atoms with E-state index in [0.717, 1.165) is 11.8 Å². The van der Waals surface area contributed by atoms with E-state index in [-0.39, 0.29) is 4.90 Å². The zero-order chi connectivity index (χ0) is 10.9. The standard InChI is InChI=1S/C9H13NO3S/c1-6-3-7(9(10)11)5-8(4-6)14(2,12)13/h3-5,9,11H,10H2,1-2H3. The highest BCUT2D eigenvalue weighted by Crippen LogP contribution is 2.17. The number of aryl methyl sites for hydroxylation is 1. The summed E-state index contributed by atoms with van der Waals surface area (Å²) in [6, 6.07) is 4.58. The molecule has 14 heavy (non-hydrogen) atoms. The average Bonchev–Trinajstić information content (AvgIpc) is 2.01. The summed E-state index contributed by atoms with van der Waals surface area (Å²) >= 11 is 0. The number of nitrogens with two attached hydrogens (primary N) is 1. The zero-order valence-corrected chi connectivity index (χ0v) is 8.88. The molecule has 0 fully saturated rings. The van der Waals surface area contributed by atoms with Crippen LogP contribution in [0, 0.1) is 6.92 Å². The summed E-state index contributed by atoms with van der Waals surface area (Å²) in [5, 5.41) is 9.12. The van der Waals surface area contributed by atoms with E-state index in [1.54, 1.807) is 19.1 Å². The molecule has 1 rings (SSSR count). The van der Waals surface area contributed by atoms with Crippen molar-refractivity contribution in [1.29, 1.82) is 0 Å². The average molecular weight is 215 g/mol. The Morgan fingerprint density at radius 1 is 1.36 bits per heavy atom. The van der Waals surface area contributed by atoms with E-state index >= 15 is 0 Å². The van der Waals surface area contributed by atoms with Crippen molar-refractivity contribution < 1.29 is 13.5 Å². The van der Waals surface area contributed by atoms with Gasteiger partial charge in [-0.1, -0.05) is 6.07 Å². The van der Waals surface area contributed by atoms with E-state index in [1.165, 1.54) is 6.07 Å². The van der Waals surface area contributed by atoms with Crippen LogP contribution in [0.3, 0.4) is 0 Å². The third kappa shape index (κ3) is 2.54. The summed E-state index contributed by atoms with van der Waals surface area (Å²) in [5.41, 5.74) is 6.42. The van der Waals surface area contributed by atoms with Crippen LogP contribution in [0.25, 0.3) is 0 Å².